The van der Waals surface area contributed by atoms with Gasteiger partial charge in [0, 0.05) is 6.21 Å². The van der Waals surface area contributed by atoms with E-state index in [9.17, 15) is 4.79 Å². The number of para-hydroxylation sites is 1. The zero-order valence-corrected chi connectivity index (χ0v) is 7.19. The highest BCUT2D eigenvalue weighted by Crippen LogP contribution is 2.14. The normalized spacial score (nSPS) is 10.2. The molecule has 0 spiro atoms. The van der Waals surface area contributed by atoms with Crippen LogP contribution in [0.15, 0.2) is 29.4 Å². The first kappa shape index (κ1) is 9.25. The molecule has 4 nitrogen and oxygen atoms in total. The Morgan fingerprint density at radius 3 is 2.85 bits per heavy atom. The first-order chi connectivity index (χ1) is 6.25. The molecule has 0 atom stereocenters. The monoisotopic (exact) mass is 178 g/mol. The summed E-state index contributed by atoms with van der Waals surface area (Å²) in [6.07, 6.45) is 1.55. The number of anilines is 1. The van der Waals surface area contributed by atoms with E-state index in [4.69, 9.17) is 5.11 Å². The zero-order valence-electron chi connectivity index (χ0n) is 7.19. The molecule has 0 fully saturated rings. The number of nitrogens with zero attached hydrogens (tertiary/aromatic N) is 1. The largest absolute Gasteiger partial charge is 0.478 e. The summed E-state index contributed by atoms with van der Waals surface area (Å²) in [7, 11) is 0. The van der Waals surface area contributed by atoms with Gasteiger partial charge in [-0.25, -0.2) is 4.79 Å². The van der Waals surface area contributed by atoms with Crippen LogP contribution in [0.2, 0.25) is 0 Å². The van der Waals surface area contributed by atoms with Gasteiger partial charge < -0.3 is 5.11 Å². The first-order valence-electron chi connectivity index (χ1n) is 3.81. The predicted octanol–water partition coefficient (Wildman–Crippen LogP) is 1.80. The van der Waals surface area contributed by atoms with Crippen molar-refractivity contribution in [3.8, 4) is 0 Å². The molecular weight excluding hydrogens is 168 g/mol. The van der Waals surface area contributed by atoms with E-state index in [1.807, 2.05) is 0 Å². The molecule has 0 radical (unpaired) electrons. The fourth-order valence-electron chi connectivity index (χ4n) is 0.901. The number of hydrazone groups is 1. The third-order valence-electron chi connectivity index (χ3n) is 1.47. The Balaban J connectivity index is 2.97. The maximum atomic E-state index is 10.7. The highest BCUT2D eigenvalue weighted by Gasteiger charge is 2.06. The average molecular weight is 178 g/mol. The molecule has 13 heavy (non-hydrogen) atoms. The van der Waals surface area contributed by atoms with Gasteiger partial charge in [0.1, 0.15) is 0 Å². The van der Waals surface area contributed by atoms with Gasteiger partial charge >= 0.3 is 5.97 Å². The van der Waals surface area contributed by atoms with Crippen molar-refractivity contribution in [3.63, 3.8) is 0 Å². The highest BCUT2D eigenvalue weighted by atomic mass is 16.4. The lowest BCUT2D eigenvalue weighted by molar-refractivity contribution is 0.0698. The molecule has 1 rings (SSSR count). The molecule has 0 saturated heterocycles. The van der Waals surface area contributed by atoms with Gasteiger partial charge in [-0.2, -0.15) is 5.10 Å². The third kappa shape index (κ3) is 2.30. The minimum absolute atomic E-state index is 0.216. The van der Waals surface area contributed by atoms with Crippen molar-refractivity contribution in [3.05, 3.63) is 29.8 Å². The van der Waals surface area contributed by atoms with Crippen molar-refractivity contribution in [2.45, 2.75) is 6.92 Å². The minimum Gasteiger partial charge on any atom is -0.478 e. The van der Waals surface area contributed by atoms with Crippen molar-refractivity contribution in [1.82, 2.24) is 0 Å². The van der Waals surface area contributed by atoms with Crippen molar-refractivity contribution in [1.29, 1.82) is 0 Å². The second-order valence-corrected chi connectivity index (χ2v) is 2.35. The predicted molar refractivity (Wildman–Crippen MR) is 51.2 cm³/mol. The summed E-state index contributed by atoms with van der Waals surface area (Å²) < 4.78 is 0. The fourth-order valence-corrected chi connectivity index (χ4v) is 0.901. The molecule has 68 valence electrons. The van der Waals surface area contributed by atoms with Crippen LogP contribution in [0.4, 0.5) is 5.69 Å². The number of rotatable bonds is 3. The van der Waals surface area contributed by atoms with Crippen LogP contribution in [0, 0.1) is 0 Å². The highest BCUT2D eigenvalue weighted by molar-refractivity contribution is 5.94. The van der Waals surface area contributed by atoms with Gasteiger partial charge in [-0.15, -0.1) is 0 Å². The SMILES string of the molecule is C/C=N\Nc1ccccc1C(=O)O. The Kier molecular flexibility index (Phi) is 3.03. The first-order valence-corrected chi connectivity index (χ1v) is 3.81. The molecule has 0 amide bonds. The molecule has 4 heteroatoms. The summed E-state index contributed by atoms with van der Waals surface area (Å²) in [6, 6.07) is 6.61. The van der Waals surface area contributed by atoms with Gasteiger partial charge in [-0.1, -0.05) is 12.1 Å². The number of carboxylic acid groups (broad SMARTS) is 1. The number of aromatic carboxylic acids is 1. The molecule has 0 aliphatic heterocycles. The smallest absolute Gasteiger partial charge is 0.337 e. The summed E-state index contributed by atoms with van der Waals surface area (Å²) in [4.78, 5) is 10.7. The van der Waals surface area contributed by atoms with Gasteiger partial charge in [0.05, 0.1) is 11.3 Å². The topological polar surface area (TPSA) is 61.7 Å². The Hall–Kier alpha value is -1.84. The van der Waals surface area contributed by atoms with Gasteiger partial charge in [0.25, 0.3) is 0 Å². The second-order valence-electron chi connectivity index (χ2n) is 2.35. The van der Waals surface area contributed by atoms with Gasteiger partial charge in [-0.05, 0) is 19.1 Å². The van der Waals surface area contributed by atoms with E-state index in [0.29, 0.717) is 5.69 Å². The lowest BCUT2D eigenvalue weighted by Gasteiger charge is -2.03. The number of hydrogen-bond donors (Lipinski definition) is 2. The average Bonchev–Trinajstić information content (AvgIpc) is 2.15. The fraction of sp³-hybridized carbons (Fsp3) is 0.111. The van der Waals surface area contributed by atoms with E-state index in [1.165, 1.54) is 6.07 Å². The molecule has 0 aliphatic carbocycles. The van der Waals surface area contributed by atoms with Crippen LogP contribution in [0.5, 0.6) is 0 Å². The molecule has 2 N–H and O–H groups in total. The number of benzene rings is 1. The minimum atomic E-state index is -0.964. The van der Waals surface area contributed by atoms with E-state index in [2.05, 4.69) is 10.5 Å². The Morgan fingerprint density at radius 2 is 2.23 bits per heavy atom. The van der Waals surface area contributed by atoms with Crippen LogP contribution >= 0.6 is 0 Å². The summed E-state index contributed by atoms with van der Waals surface area (Å²) in [5.41, 5.74) is 3.34. The second kappa shape index (κ2) is 4.25. The third-order valence-corrected chi connectivity index (χ3v) is 1.47. The lowest BCUT2D eigenvalue weighted by atomic mass is 10.2. The van der Waals surface area contributed by atoms with Crippen LogP contribution in [0.25, 0.3) is 0 Å². The number of hydrogen-bond acceptors (Lipinski definition) is 3. The van der Waals surface area contributed by atoms with Crippen molar-refractivity contribution in [2.24, 2.45) is 5.10 Å². The lowest BCUT2D eigenvalue weighted by Crippen LogP contribution is -2.01. The van der Waals surface area contributed by atoms with Gasteiger partial charge in [-0.3, -0.25) is 5.43 Å². The van der Waals surface area contributed by atoms with Crippen molar-refractivity contribution in [2.75, 3.05) is 5.43 Å². The molecule has 1 aromatic rings. The van der Waals surface area contributed by atoms with Crippen LogP contribution in [-0.2, 0) is 0 Å². The van der Waals surface area contributed by atoms with E-state index in [1.54, 1.807) is 31.3 Å². The number of carbonyl (C=O) groups is 1. The van der Waals surface area contributed by atoms with E-state index in [0.717, 1.165) is 0 Å². The summed E-state index contributed by atoms with van der Waals surface area (Å²) in [5, 5.41) is 12.5. The molecule has 0 heterocycles. The molecular formula is C9H10N2O2. The Bertz CT molecular complexity index is 334. The summed E-state index contributed by atoms with van der Waals surface area (Å²) >= 11 is 0. The van der Waals surface area contributed by atoms with Crippen LogP contribution in [-0.4, -0.2) is 17.3 Å². The maximum Gasteiger partial charge on any atom is 0.337 e. The Labute approximate surface area is 75.9 Å². The van der Waals surface area contributed by atoms with Gasteiger partial charge in [0.15, 0.2) is 0 Å². The number of nitrogens with one attached hydrogen (secondary N) is 1. The quantitative estimate of drug-likeness (QED) is 0.548. The molecule has 0 saturated carbocycles. The van der Waals surface area contributed by atoms with Crippen molar-refractivity contribution < 1.29 is 9.90 Å². The summed E-state index contributed by atoms with van der Waals surface area (Å²) in [5.74, 6) is -0.964. The van der Waals surface area contributed by atoms with Crippen LogP contribution < -0.4 is 5.43 Å². The van der Waals surface area contributed by atoms with E-state index in [-0.39, 0.29) is 5.56 Å². The van der Waals surface area contributed by atoms with Crippen LogP contribution in [0.1, 0.15) is 17.3 Å². The van der Waals surface area contributed by atoms with Crippen molar-refractivity contribution >= 4 is 17.9 Å². The molecule has 0 aliphatic rings. The van der Waals surface area contributed by atoms with Gasteiger partial charge in [0.2, 0.25) is 0 Å². The standard InChI is InChI=1S/C9H10N2O2/c1-2-10-11-8-6-4-3-5-7(8)9(12)13/h2-6,11H,1H3,(H,12,13)/b10-2-. The Morgan fingerprint density at radius 1 is 1.54 bits per heavy atom. The number of carboxylic acids is 1. The zero-order chi connectivity index (χ0) is 9.68. The van der Waals surface area contributed by atoms with E-state index < -0.39 is 5.97 Å². The van der Waals surface area contributed by atoms with E-state index >= 15 is 0 Å². The maximum absolute atomic E-state index is 10.7. The molecule has 0 bridgehead atoms. The molecule has 0 aromatic heterocycles. The van der Waals surface area contributed by atoms with Crippen LogP contribution in [0.3, 0.4) is 0 Å². The molecule has 1 aromatic carbocycles. The summed E-state index contributed by atoms with van der Waals surface area (Å²) in [6.45, 7) is 1.75. The molecule has 0 unspecified atom stereocenters.